The smallest absolute Gasteiger partial charge is 0.0433 e. The molecule has 0 aromatic carbocycles. The minimum Gasteiger partial charge on any atom is -0.396 e. The molecule has 13 heavy (non-hydrogen) atoms. The van der Waals surface area contributed by atoms with Gasteiger partial charge in [-0.3, -0.25) is 0 Å². The average molecular weight is 180 g/mol. The van der Waals surface area contributed by atoms with Gasteiger partial charge >= 0.3 is 0 Å². The van der Waals surface area contributed by atoms with E-state index in [4.69, 9.17) is 5.11 Å². The summed E-state index contributed by atoms with van der Waals surface area (Å²) in [6.07, 6.45) is 15.6. The largest absolute Gasteiger partial charge is 0.396 e. The van der Waals surface area contributed by atoms with Gasteiger partial charge in [0.2, 0.25) is 0 Å². The van der Waals surface area contributed by atoms with E-state index in [-0.39, 0.29) is 0 Å². The van der Waals surface area contributed by atoms with Gasteiger partial charge < -0.3 is 5.11 Å². The van der Waals surface area contributed by atoms with Crippen LogP contribution in [0.1, 0.15) is 32.1 Å². The Balaban J connectivity index is 3.14. The maximum absolute atomic E-state index is 8.51. The van der Waals surface area contributed by atoms with Gasteiger partial charge in [0.05, 0.1) is 0 Å². The van der Waals surface area contributed by atoms with Crippen molar-refractivity contribution in [2.75, 3.05) is 6.61 Å². The first-order valence-electron chi connectivity index (χ1n) is 4.93. The second-order valence-corrected chi connectivity index (χ2v) is 2.91. The summed E-state index contributed by atoms with van der Waals surface area (Å²) < 4.78 is 0. The highest BCUT2D eigenvalue weighted by molar-refractivity contribution is 4.91. The zero-order valence-corrected chi connectivity index (χ0v) is 8.28. The monoisotopic (exact) mass is 180 g/mol. The van der Waals surface area contributed by atoms with Crippen LogP contribution in [0.25, 0.3) is 0 Å². The molecule has 0 unspecified atom stereocenters. The fourth-order valence-corrected chi connectivity index (χ4v) is 0.948. The van der Waals surface area contributed by atoms with Crippen LogP contribution >= 0.6 is 0 Å². The van der Waals surface area contributed by atoms with Crippen molar-refractivity contribution in [2.45, 2.75) is 32.1 Å². The Hall–Kier alpha value is -0.820. The van der Waals surface area contributed by atoms with Crippen molar-refractivity contribution in [1.29, 1.82) is 0 Å². The fraction of sp³-hybridized carbons (Fsp3) is 0.500. The average Bonchev–Trinajstić information content (AvgIpc) is 2.16. The molecule has 0 atom stereocenters. The molecule has 0 aliphatic rings. The van der Waals surface area contributed by atoms with Gasteiger partial charge in [-0.2, -0.15) is 0 Å². The Kier molecular flexibility index (Phi) is 10.5. The summed E-state index contributed by atoms with van der Waals surface area (Å²) in [7, 11) is 0. The van der Waals surface area contributed by atoms with Crippen LogP contribution in [-0.2, 0) is 0 Å². The predicted molar refractivity (Wildman–Crippen MR) is 58.6 cm³/mol. The molecule has 0 fully saturated rings. The molecule has 0 spiro atoms. The third-order valence-electron chi connectivity index (χ3n) is 1.66. The van der Waals surface area contributed by atoms with Crippen LogP contribution < -0.4 is 0 Å². The minimum atomic E-state index is 0.295. The number of aliphatic hydroxyl groups is 1. The normalized spacial score (nSPS) is 11.5. The van der Waals surface area contributed by atoms with Crippen molar-refractivity contribution < 1.29 is 5.11 Å². The molecule has 0 bridgehead atoms. The molecule has 74 valence electrons. The summed E-state index contributed by atoms with van der Waals surface area (Å²) in [5.74, 6) is 0. The summed E-state index contributed by atoms with van der Waals surface area (Å²) in [5, 5.41) is 8.51. The van der Waals surface area contributed by atoms with E-state index in [0.717, 1.165) is 32.1 Å². The van der Waals surface area contributed by atoms with E-state index in [9.17, 15) is 0 Å². The van der Waals surface area contributed by atoms with E-state index >= 15 is 0 Å². The molecular weight excluding hydrogens is 160 g/mol. The molecule has 0 rings (SSSR count). The van der Waals surface area contributed by atoms with E-state index in [0.29, 0.717) is 6.61 Å². The van der Waals surface area contributed by atoms with E-state index in [1.165, 1.54) is 0 Å². The van der Waals surface area contributed by atoms with Gasteiger partial charge in [-0.05, 0) is 32.1 Å². The molecule has 0 aromatic heterocycles. The Labute approximate surface area is 81.5 Å². The molecule has 0 aliphatic carbocycles. The first kappa shape index (κ1) is 12.2. The molecular formula is C12H20O. The first-order valence-corrected chi connectivity index (χ1v) is 4.93. The highest BCUT2D eigenvalue weighted by Gasteiger charge is 1.79. The summed E-state index contributed by atoms with van der Waals surface area (Å²) in [6.45, 7) is 3.93. The number of aliphatic hydroxyl groups excluding tert-OH is 1. The van der Waals surface area contributed by atoms with Crippen molar-refractivity contribution in [3.8, 4) is 0 Å². The highest BCUT2D eigenvalue weighted by Crippen LogP contribution is 1.97. The summed E-state index contributed by atoms with van der Waals surface area (Å²) in [4.78, 5) is 0. The number of rotatable bonds is 8. The number of unbranched alkanes of at least 4 members (excludes halogenated alkanes) is 2. The van der Waals surface area contributed by atoms with Gasteiger partial charge in [-0.15, -0.1) is 6.58 Å². The predicted octanol–water partition coefficient (Wildman–Crippen LogP) is 3.23. The lowest BCUT2D eigenvalue weighted by atomic mass is 10.2. The Morgan fingerprint density at radius 3 is 2.15 bits per heavy atom. The standard InChI is InChI=1S/C12H20O/c1-2-3-4-5-6-7-8-9-10-11-12-13/h2,4-5,8-9,13H,1,3,6-7,10-12H2/b5-4-,9-8+. The van der Waals surface area contributed by atoms with Crippen LogP contribution in [0.15, 0.2) is 37.0 Å². The third-order valence-corrected chi connectivity index (χ3v) is 1.66. The van der Waals surface area contributed by atoms with Gasteiger partial charge in [0.15, 0.2) is 0 Å². The lowest BCUT2D eigenvalue weighted by molar-refractivity contribution is 0.289. The molecule has 0 aliphatic heterocycles. The molecule has 0 aromatic rings. The van der Waals surface area contributed by atoms with Gasteiger partial charge in [0.25, 0.3) is 0 Å². The SMILES string of the molecule is C=CC/C=C\CC/C=C/CCCO. The third kappa shape index (κ3) is 11.2. The second kappa shape index (κ2) is 11.2. The van der Waals surface area contributed by atoms with E-state index < -0.39 is 0 Å². The number of hydrogen-bond acceptors (Lipinski definition) is 1. The van der Waals surface area contributed by atoms with Crippen molar-refractivity contribution >= 4 is 0 Å². The van der Waals surface area contributed by atoms with Crippen LogP contribution in [-0.4, -0.2) is 11.7 Å². The van der Waals surface area contributed by atoms with Crippen LogP contribution in [0.2, 0.25) is 0 Å². The molecule has 0 radical (unpaired) electrons. The maximum atomic E-state index is 8.51. The molecule has 0 saturated carbocycles. The van der Waals surface area contributed by atoms with Crippen molar-refractivity contribution in [1.82, 2.24) is 0 Å². The quantitative estimate of drug-likeness (QED) is 0.449. The minimum absolute atomic E-state index is 0.295. The topological polar surface area (TPSA) is 20.2 Å². The molecule has 0 saturated heterocycles. The van der Waals surface area contributed by atoms with Crippen LogP contribution in [0.4, 0.5) is 0 Å². The fourth-order valence-electron chi connectivity index (χ4n) is 0.948. The number of hydrogen-bond donors (Lipinski definition) is 1. The van der Waals surface area contributed by atoms with Crippen LogP contribution in [0.3, 0.4) is 0 Å². The summed E-state index contributed by atoms with van der Waals surface area (Å²) in [5.41, 5.74) is 0. The van der Waals surface area contributed by atoms with Gasteiger partial charge in [0, 0.05) is 6.61 Å². The zero-order valence-electron chi connectivity index (χ0n) is 8.28. The van der Waals surface area contributed by atoms with Crippen molar-refractivity contribution in [3.05, 3.63) is 37.0 Å². The maximum Gasteiger partial charge on any atom is 0.0433 e. The number of allylic oxidation sites excluding steroid dienone is 5. The Bertz CT molecular complexity index is 157. The lowest BCUT2D eigenvalue weighted by Gasteiger charge is -1.88. The molecule has 1 heteroatoms. The van der Waals surface area contributed by atoms with Crippen molar-refractivity contribution in [2.24, 2.45) is 0 Å². The van der Waals surface area contributed by atoms with Gasteiger partial charge in [-0.1, -0.05) is 30.4 Å². The lowest BCUT2D eigenvalue weighted by Crippen LogP contribution is -1.78. The Morgan fingerprint density at radius 2 is 1.54 bits per heavy atom. The molecule has 0 amide bonds. The van der Waals surface area contributed by atoms with E-state index in [1.54, 1.807) is 0 Å². The van der Waals surface area contributed by atoms with Gasteiger partial charge in [-0.25, -0.2) is 0 Å². The van der Waals surface area contributed by atoms with Crippen LogP contribution in [0, 0.1) is 0 Å². The molecule has 0 heterocycles. The first-order chi connectivity index (χ1) is 6.41. The van der Waals surface area contributed by atoms with Gasteiger partial charge in [0.1, 0.15) is 0 Å². The summed E-state index contributed by atoms with van der Waals surface area (Å²) in [6, 6.07) is 0. The Morgan fingerprint density at radius 1 is 0.923 bits per heavy atom. The molecule has 1 nitrogen and oxygen atoms in total. The van der Waals surface area contributed by atoms with E-state index in [2.05, 4.69) is 30.9 Å². The van der Waals surface area contributed by atoms with E-state index in [1.807, 2.05) is 6.08 Å². The second-order valence-electron chi connectivity index (χ2n) is 2.91. The van der Waals surface area contributed by atoms with Crippen molar-refractivity contribution in [3.63, 3.8) is 0 Å². The highest BCUT2D eigenvalue weighted by atomic mass is 16.2. The van der Waals surface area contributed by atoms with Crippen LogP contribution in [0.5, 0.6) is 0 Å². The summed E-state index contributed by atoms with van der Waals surface area (Å²) >= 11 is 0. The molecule has 1 N–H and O–H groups in total. The zero-order chi connectivity index (χ0) is 9.78.